The molecule has 0 saturated heterocycles. The van der Waals surface area contributed by atoms with Gasteiger partial charge in [0.2, 0.25) is 5.91 Å². The van der Waals surface area contributed by atoms with Crippen LogP contribution in [0.5, 0.6) is 0 Å². The second-order valence-electron chi connectivity index (χ2n) is 7.83. The number of carbonyl (C=O) groups is 2. The number of amides is 2. The van der Waals surface area contributed by atoms with Crippen LogP contribution < -0.4 is 5.32 Å². The lowest BCUT2D eigenvalue weighted by atomic mass is 9.81. The second-order valence-corrected chi connectivity index (χ2v) is 8.26. The fourth-order valence-corrected chi connectivity index (χ4v) is 4.50. The molecular weight excluding hydrogens is 410 g/mol. The number of hydrogen-bond donors (Lipinski definition) is 1. The maximum absolute atomic E-state index is 13.4. The van der Waals surface area contributed by atoms with Crippen LogP contribution in [-0.4, -0.2) is 28.8 Å². The molecule has 0 radical (unpaired) electrons. The number of anilines is 1. The normalized spacial score (nSPS) is 17.9. The van der Waals surface area contributed by atoms with E-state index >= 15 is 0 Å². The molecule has 0 atom stereocenters. The molecule has 4 nitrogen and oxygen atoms in total. The Morgan fingerprint density at radius 2 is 1.67 bits per heavy atom. The van der Waals surface area contributed by atoms with E-state index in [1.165, 1.54) is 0 Å². The molecule has 2 aromatic carbocycles. The first-order valence-electron chi connectivity index (χ1n) is 9.93. The van der Waals surface area contributed by atoms with Gasteiger partial charge in [-0.3, -0.25) is 9.59 Å². The van der Waals surface area contributed by atoms with E-state index in [0.29, 0.717) is 10.6 Å². The van der Waals surface area contributed by atoms with Gasteiger partial charge in [-0.25, -0.2) is 8.78 Å². The molecule has 1 aliphatic carbocycles. The SMILES string of the molecule is O=C(CN1C(=O)C(c2ccc(Cl)cc2)=CC12CCCCC2)Nc1cc(F)cc(F)c1. The number of hydrogen-bond acceptors (Lipinski definition) is 2. The zero-order chi connectivity index (χ0) is 21.3. The van der Waals surface area contributed by atoms with Crippen molar-refractivity contribution in [2.75, 3.05) is 11.9 Å². The molecule has 2 aliphatic rings. The van der Waals surface area contributed by atoms with Crippen LogP contribution in [0.15, 0.2) is 48.5 Å². The Balaban J connectivity index is 1.58. The highest BCUT2D eigenvalue weighted by atomic mass is 35.5. The zero-order valence-corrected chi connectivity index (χ0v) is 17.0. The van der Waals surface area contributed by atoms with Gasteiger partial charge in [-0.1, -0.05) is 43.0 Å². The number of benzene rings is 2. The Kier molecular flexibility index (Phi) is 5.60. The summed E-state index contributed by atoms with van der Waals surface area (Å²) in [6.45, 7) is -0.190. The van der Waals surface area contributed by atoms with Crippen LogP contribution in [0.3, 0.4) is 0 Å². The number of carbonyl (C=O) groups excluding carboxylic acids is 2. The average molecular weight is 431 g/mol. The smallest absolute Gasteiger partial charge is 0.255 e. The fourth-order valence-electron chi connectivity index (χ4n) is 4.37. The minimum Gasteiger partial charge on any atom is -0.324 e. The molecule has 0 aromatic heterocycles. The van der Waals surface area contributed by atoms with Crippen LogP contribution in [0.4, 0.5) is 14.5 Å². The van der Waals surface area contributed by atoms with Crippen molar-refractivity contribution in [2.24, 2.45) is 0 Å². The molecule has 0 unspecified atom stereocenters. The van der Waals surface area contributed by atoms with Crippen molar-refractivity contribution in [3.05, 3.63) is 70.8 Å². The third-order valence-electron chi connectivity index (χ3n) is 5.75. The van der Waals surface area contributed by atoms with Crippen LogP contribution in [0.25, 0.3) is 5.57 Å². The molecular formula is C23H21ClF2N2O2. The molecule has 1 N–H and O–H groups in total. The van der Waals surface area contributed by atoms with Gasteiger partial charge in [0.25, 0.3) is 5.91 Å². The summed E-state index contributed by atoms with van der Waals surface area (Å²) in [5, 5.41) is 3.08. The first-order chi connectivity index (χ1) is 14.4. The molecule has 156 valence electrons. The third-order valence-corrected chi connectivity index (χ3v) is 6.00. The predicted octanol–water partition coefficient (Wildman–Crippen LogP) is 5.19. The molecule has 0 bridgehead atoms. The Hall–Kier alpha value is -2.73. The van der Waals surface area contributed by atoms with E-state index in [9.17, 15) is 18.4 Å². The molecule has 1 saturated carbocycles. The summed E-state index contributed by atoms with van der Waals surface area (Å²) in [4.78, 5) is 27.5. The predicted molar refractivity (Wildman–Crippen MR) is 112 cm³/mol. The highest BCUT2D eigenvalue weighted by molar-refractivity contribution is 6.30. The number of halogens is 3. The van der Waals surface area contributed by atoms with E-state index in [2.05, 4.69) is 5.32 Å². The molecule has 7 heteroatoms. The van der Waals surface area contributed by atoms with Crippen LogP contribution in [0.1, 0.15) is 37.7 Å². The fraction of sp³-hybridized carbons (Fsp3) is 0.304. The maximum Gasteiger partial charge on any atom is 0.255 e. The molecule has 30 heavy (non-hydrogen) atoms. The standard InChI is InChI=1S/C23H21ClF2N2O2/c24-16-6-4-15(5-7-16)20-13-23(8-2-1-3-9-23)28(22(20)30)14-21(29)27-19-11-17(25)10-18(26)12-19/h4-7,10-13H,1-3,8-9,14H2,(H,27,29). The molecule has 4 rings (SSSR count). The summed E-state index contributed by atoms with van der Waals surface area (Å²) in [6, 6.07) is 9.86. The number of nitrogens with one attached hydrogen (secondary N) is 1. The van der Waals surface area contributed by atoms with Gasteiger partial charge in [0, 0.05) is 22.3 Å². The summed E-state index contributed by atoms with van der Waals surface area (Å²) < 4.78 is 26.8. The average Bonchev–Trinajstić information content (AvgIpc) is 2.94. The third kappa shape index (κ3) is 4.10. The summed E-state index contributed by atoms with van der Waals surface area (Å²) in [7, 11) is 0. The van der Waals surface area contributed by atoms with E-state index in [1.807, 2.05) is 6.08 Å². The Morgan fingerprint density at radius 1 is 1.03 bits per heavy atom. The van der Waals surface area contributed by atoms with Gasteiger partial charge in [-0.05, 0) is 48.7 Å². The van der Waals surface area contributed by atoms with Crippen molar-refractivity contribution < 1.29 is 18.4 Å². The van der Waals surface area contributed by atoms with Crippen LogP contribution in [0.2, 0.25) is 5.02 Å². The molecule has 1 spiro atoms. The minimum absolute atomic E-state index is 0.0210. The van der Waals surface area contributed by atoms with Crippen LogP contribution >= 0.6 is 11.6 Å². The number of rotatable bonds is 4. The summed E-state index contributed by atoms with van der Waals surface area (Å²) in [5.41, 5.74) is 0.810. The molecule has 1 heterocycles. The Bertz CT molecular complexity index is 994. The van der Waals surface area contributed by atoms with Crippen molar-refractivity contribution >= 4 is 34.7 Å². The van der Waals surface area contributed by atoms with Crippen molar-refractivity contribution in [2.45, 2.75) is 37.6 Å². The molecule has 2 amide bonds. The highest BCUT2D eigenvalue weighted by Gasteiger charge is 2.46. The van der Waals surface area contributed by atoms with Gasteiger partial charge in [0.05, 0.1) is 5.54 Å². The number of nitrogens with zero attached hydrogens (tertiary/aromatic N) is 1. The van der Waals surface area contributed by atoms with E-state index in [1.54, 1.807) is 29.2 Å². The van der Waals surface area contributed by atoms with E-state index in [4.69, 9.17) is 11.6 Å². The lowest BCUT2D eigenvalue weighted by Crippen LogP contribution is -2.50. The van der Waals surface area contributed by atoms with Gasteiger partial charge in [0.1, 0.15) is 18.2 Å². The van der Waals surface area contributed by atoms with Crippen molar-refractivity contribution in [1.82, 2.24) is 4.90 Å². The van der Waals surface area contributed by atoms with Gasteiger partial charge in [-0.15, -0.1) is 0 Å². The van der Waals surface area contributed by atoms with Crippen LogP contribution in [-0.2, 0) is 9.59 Å². The first-order valence-corrected chi connectivity index (χ1v) is 10.3. The topological polar surface area (TPSA) is 49.4 Å². The largest absolute Gasteiger partial charge is 0.324 e. The van der Waals surface area contributed by atoms with Crippen molar-refractivity contribution in [3.8, 4) is 0 Å². The van der Waals surface area contributed by atoms with E-state index < -0.39 is 23.1 Å². The molecule has 1 fully saturated rings. The Morgan fingerprint density at radius 3 is 2.30 bits per heavy atom. The van der Waals surface area contributed by atoms with Crippen molar-refractivity contribution in [1.29, 1.82) is 0 Å². The van der Waals surface area contributed by atoms with Gasteiger partial charge < -0.3 is 10.2 Å². The van der Waals surface area contributed by atoms with Gasteiger partial charge >= 0.3 is 0 Å². The lowest BCUT2D eigenvalue weighted by molar-refractivity contribution is -0.133. The molecule has 2 aromatic rings. The lowest BCUT2D eigenvalue weighted by Gasteiger charge is -2.40. The van der Waals surface area contributed by atoms with Crippen molar-refractivity contribution in [3.63, 3.8) is 0 Å². The first kappa shape index (κ1) is 20.5. The minimum atomic E-state index is -0.780. The molecule has 1 aliphatic heterocycles. The van der Waals surface area contributed by atoms with E-state index in [0.717, 1.165) is 55.9 Å². The Labute approximate surface area is 178 Å². The zero-order valence-electron chi connectivity index (χ0n) is 16.3. The summed E-state index contributed by atoms with van der Waals surface area (Å²) >= 11 is 5.97. The maximum atomic E-state index is 13.4. The van der Waals surface area contributed by atoms with E-state index in [-0.39, 0.29) is 18.1 Å². The quantitative estimate of drug-likeness (QED) is 0.726. The second kappa shape index (κ2) is 8.19. The van der Waals surface area contributed by atoms with Crippen LogP contribution in [0, 0.1) is 11.6 Å². The monoisotopic (exact) mass is 430 g/mol. The summed E-state index contributed by atoms with van der Waals surface area (Å²) in [5.74, 6) is -2.28. The van der Waals surface area contributed by atoms with Gasteiger partial charge in [0.15, 0.2) is 0 Å². The van der Waals surface area contributed by atoms with Gasteiger partial charge in [-0.2, -0.15) is 0 Å². The highest BCUT2D eigenvalue weighted by Crippen LogP contribution is 2.43. The summed E-state index contributed by atoms with van der Waals surface area (Å²) in [6.07, 6.45) is 6.54.